The van der Waals surface area contributed by atoms with Gasteiger partial charge in [0.2, 0.25) is 0 Å². The molecule has 2 aromatic rings. The fourth-order valence-corrected chi connectivity index (χ4v) is 1.98. The molecular formula is C15H21N5OS. The lowest BCUT2D eigenvalue weighted by Crippen LogP contribution is -2.41. The Balaban J connectivity index is 1.87. The van der Waals surface area contributed by atoms with Gasteiger partial charge in [-0.3, -0.25) is 0 Å². The van der Waals surface area contributed by atoms with Crippen molar-refractivity contribution in [2.24, 2.45) is 0 Å². The SMILES string of the molecule is CSC(C)(C)CNC(=O)NCc1cccc(-n2cncn2)c1. The third kappa shape index (κ3) is 4.77. The van der Waals surface area contributed by atoms with Gasteiger partial charge < -0.3 is 10.6 Å². The Labute approximate surface area is 134 Å². The summed E-state index contributed by atoms with van der Waals surface area (Å²) in [5.74, 6) is 0. The van der Waals surface area contributed by atoms with E-state index >= 15 is 0 Å². The van der Waals surface area contributed by atoms with Crippen LogP contribution in [0, 0.1) is 0 Å². The first-order valence-corrected chi connectivity index (χ1v) is 8.23. The van der Waals surface area contributed by atoms with Crippen molar-refractivity contribution in [3.05, 3.63) is 42.5 Å². The van der Waals surface area contributed by atoms with E-state index in [9.17, 15) is 4.79 Å². The molecule has 2 N–H and O–H groups in total. The highest BCUT2D eigenvalue weighted by atomic mass is 32.2. The largest absolute Gasteiger partial charge is 0.337 e. The number of amides is 2. The fourth-order valence-electron chi connectivity index (χ4n) is 1.76. The van der Waals surface area contributed by atoms with E-state index in [1.165, 1.54) is 6.33 Å². The quantitative estimate of drug-likeness (QED) is 0.856. The van der Waals surface area contributed by atoms with Gasteiger partial charge in [0, 0.05) is 17.8 Å². The van der Waals surface area contributed by atoms with Gasteiger partial charge in [0.25, 0.3) is 0 Å². The zero-order valence-corrected chi connectivity index (χ0v) is 13.9. The van der Waals surface area contributed by atoms with Gasteiger partial charge in [0.05, 0.1) is 5.69 Å². The summed E-state index contributed by atoms with van der Waals surface area (Å²) in [4.78, 5) is 15.8. The normalized spacial score (nSPS) is 11.2. The minimum absolute atomic E-state index is 0.0321. The summed E-state index contributed by atoms with van der Waals surface area (Å²) < 4.78 is 1.72. The maximum absolute atomic E-state index is 11.8. The van der Waals surface area contributed by atoms with E-state index in [2.05, 4.69) is 34.6 Å². The first-order chi connectivity index (χ1) is 10.5. The standard InChI is InChI=1S/C15H21N5OS/c1-15(2,22-3)9-18-14(21)17-8-12-5-4-6-13(7-12)20-11-16-10-19-20/h4-7,10-11H,8-9H2,1-3H3,(H2,17,18,21). The summed E-state index contributed by atoms with van der Waals surface area (Å²) in [6.45, 7) is 5.28. The molecule has 0 bridgehead atoms. The average molecular weight is 319 g/mol. The molecule has 0 fully saturated rings. The molecular weight excluding hydrogens is 298 g/mol. The van der Waals surface area contributed by atoms with Crippen LogP contribution in [0.25, 0.3) is 5.69 Å². The maximum Gasteiger partial charge on any atom is 0.315 e. The molecule has 0 aliphatic carbocycles. The molecule has 2 amide bonds. The number of carbonyl (C=O) groups excluding carboxylic acids is 1. The van der Waals surface area contributed by atoms with Crippen LogP contribution in [0.15, 0.2) is 36.9 Å². The van der Waals surface area contributed by atoms with Crippen molar-refractivity contribution in [3.8, 4) is 5.69 Å². The molecule has 1 aromatic heterocycles. The molecule has 118 valence electrons. The zero-order chi connectivity index (χ0) is 16.0. The van der Waals surface area contributed by atoms with Crippen molar-refractivity contribution >= 4 is 17.8 Å². The van der Waals surface area contributed by atoms with Crippen molar-refractivity contribution in [1.29, 1.82) is 0 Å². The molecule has 6 nitrogen and oxygen atoms in total. The second kappa shape index (κ2) is 7.31. The molecule has 0 unspecified atom stereocenters. The molecule has 1 heterocycles. The van der Waals surface area contributed by atoms with Crippen LogP contribution in [0.5, 0.6) is 0 Å². The van der Waals surface area contributed by atoms with E-state index < -0.39 is 0 Å². The summed E-state index contributed by atoms with van der Waals surface area (Å²) in [6, 6.07) is 7.66. The van der Waals surface area contributed by atoms with Gasteiger partial charge in [-0.1, -0.05) is 12.1 Å². The summed E-state index contributed by atoms with van der Waals surface area (Å²) in [7, 11) is 0. The van der Waals surface area contributed by atoms with Crippen LogP contribution in [0.2, 0.25) is 0 Å². The van der Waals surface area contributed by atoms with Crippen LogP contribution in [-0.4, -0.2) is 38.3 Å². The third-order valence-electron chi connectivity index (χ3n) is 3.27. The van der Waals surface area contributed by atoms with Crippen molar-refractivity contribution in [2.45, 2.75) is 25.1 Å². The number of nitrogens with one attached hydrogen (secondary N) is 2. The van der Waals surface area contributed by atoms with E-state index in [0.717, 1.165) is 11.3 Å². The Kier molecular flexibility index (Phi) is 5.43. The Morgan fingerprint density at radius 1 is 1.36 bits per heavy atom. The lowest BCUT2D eigenvalue weighted by Gasteiger charge is -2.22. The Bertz CT molecular complexity index is 612. The van der Waals surface area contributed by atoms with E-state index in [-0.39, 0.29) is 10.8 Å². The highest BCUT2D eigenvalue weighted by molar-refractivity contribution is 7.99. The van der Waals surface area contributed by atoms with Gasteiger partial charge in [-0.15, -0.1) is 0 Å². The van der Waals surface area contributed by atoms with E-state index in [1.807, 2.05) is 30.5 Å². The summed E-state index contributed by atoms with van der Waals surface area (Å²) >= 11 is 1.73. The molecule has 7 heteroatoms. The van der Waals surface area contributed by atoms with Gasteiger partial charge in [-0.25, -0.2) is 14.5 Å². The topological polar surface area (TPSA) is 71.8 Å². The van der Waals surface area contributed by atoms with Crippen LogP contribution in [0.3, 0.4) is 0 Å². The first-order valence-electron chi connectivity index (χ1n) is 7.01. The number of aromatic nitrogens is 3. The van der Waals surface area contributed by atoms with Gasteiger partial charge in [0.1, 0.15) is 12.7 Å². The zero-order valence-electron chi connectivity index (χ0n) is 13.0. The van der Waals surface area contributed by atoms with Crippen LogP contribution in [0.1, 0.15) is 19.4 Å². The Morgan fingerprint density at radius 2 is 2.18 bits per heavy atom. The molecule has 0 saturated carbocycles. The van der Waals surface area contributed by atoms with Gasteiger partial charge in [-0.2, -0.15) is 16.9 Å². The van der Waals surface area contributed by atoms with Gasteiger partial charge >= 0.3 is 6.03 Å². The maximum atomic E-state index is 11.8. The molecule has 0 aliphatic heterocycles. The Morgan fingerprint density at radius 3 is 2.86 bits per heavy atom. The van der Waals surface area contributed by atoms with E-state index in [0.29, 0.717) is 13.1 Å². The van der Waals surface area contributed by atoms with Crippen molar-refractivity contribution in [1.82, 2.24) is 25.4 Å². The van der Waals surface area contributed by atoms with E-state index in [4.69, 9.17) is 0 Å². The van der Waals surface area contributed by atoms with Gasteiger partial charge in [0.15, 0.2) is 0 Å². The predicted octanol–water partition coefficient (Wildman–Crippen LogP) is 2.21. The number of thioether (sulfide) groups is 1. The lowest BCUT2D eigenvalue weighted by atomic mass is 10.2. The molecule has 0 aliphatic rings. The second-order valence-electron chi connectivity index (χ2n) is 5.51. The lowest BCUT2D eigenvalue weighted by molar-refractivity contribution is 0.239. The highest BCUT2D eigenvalue weighted by Crippen LogP contribution is 2.19. The van der Waals surface area contributed by atoms with Crippen LogP contribution >= 0.6 is 11.8 Å². The molecule has 0 saturated heterocycles. The smallest absolute Gasteiger partial charge is 0.315 e. The van der Waals surface area contributed by atoms with Crippen molar-refractivity contribution in [3.63, 3.8) is 0 Å². The Hall–Kier alpha value is -2.02. The number of urea groups is 1. The molecule has 0 radical (unpaired) electrons. The second-order valence-corrected chi connectivity index (χ2v) is 7.02. The number of hydrogen-bond donors (Lipinski definition) is 2. The van der Waals surface area contributed by atoms with Gasteiger partial charge in [-0.05, 0) is 37.8 Å². The molecule has 0 spiro atoms. The average Bonchev–Trinajstić information content (AvgIpc) is 3.06. The summed E-state index contributed by atoms with van der Waals surface area (Å²) in [5.41, 5.74) is 1.92. The van der Waals surface area contributed by atoms with Crippen LogP contribution in [-0.2, 0) is 6.54 Å². The predicted molar refractivity (Wildman–Crippen MR) is 89.2 cm³/mol. The monoisotopic (exact) mass is 319 g/mol. The third-order valence-corrected chi connectivity index (χ3v) is 4.52. The molecule has 2 rings (SSSR count). The van der Waals surface area contributed by atoms with Crippen molar-refractivity contribution < 1.29 is 4.79 Å². The summed E-state index contributed by atoms with van der Waals surface area (Å²) in [5, 5.41) is 9.84. The number of nitrogens with zero attached hydrogens (tertiary/aromatic N) is 3. The van der Waals surface area contributed by atoms with E-state index in [1.54, 1.807) is 22.8 Å². The first kappa shape index (κ1) is 16.4. The molecule has 22 heavy (non-hydrogen) atoms. The molecule has 0 atom stereocenters. The number of hydrogen-bond acceptors (Lipinski definition) is 4. The fraction of sp³-hybridized carbons (Fsp3) is 0.400. The number of rotatable bonds is 6. The molecule has 1 aromatic carbocycles. The summed E-state index contributed by atoms with van der Waals surface area (Å²) in [6.07, 6.45) is 5.17. The van der Waals surface area contributed by atoms with Crippen LogP contribution < -0.4 is 10.6 Å². The number of benzene rings is 1. The van der Waals surface area contributed by atoms with Crippen LogP contribution in [0.4, 0.5) is 4.79 Å². The number of carbonyl (C=O) groups is 1. The van der Waals surface area contributed by atoms with Crippen molar-refractivity contribution in [2.75, 3.05) is 12.8 Å². The minimum atomic E-state index is -0.159. The highest BCUT2D eigenvalue weighted by Gasteiger charge is 2.16. The minimum Gasteiger partial charge on any atom is -0.337 e.